The van der Waals surface area contributed by atoms with Gasteiger partial charge in [0.05, 0.1) is 13.1 Å². The number of hydrogen-bond acceptors (Lipinski definition) is 4. The molecule has 4 rings (SSSR count). The summed E-state index contributed by atoms with van der Waals surface area (Å²) in [5.41, 5.74) is 1.11. The molecule has 1 N–H and O–H groups in total. The van der Waals surface area contributed by atoms with E-state index in [9.17, 15) is 18.4 Å². The van der Waals surface area contributed by atoms with Gasteiger partial charge < -0.3 is 10.2 Å². The third-order valence-electron chi connectivity index (χ3n) is 5.93. The number of halogens is 2. The lowest BCUT2D eigenvalue weighted by Gasteiger charge is -2.35. The van der Waals surface area contributed by atoms with Crippen molar-refractivity contribution in [2.24, 2.45) is 0 Å². The Balaban J connectivity index is 1.23. The van der Waals surface area contributed by atoms with Gasteiger partial charge in [0.2, 0.25) is 11.8 Å². The number of anilines is 1. The first-order chi connectivity index (χ1) is 15.5. The second-order valence-electron chi connectivity index (χ2n) is 8.45. The summed E-state index contributed by atoms with van der Waals surface area (Å²) in [4.78, 5) is 31.1. The predicted molar refractivity (Wildman–Crippen MR) is 118 cm³/mol. The first-order valence-electron chi connectivity index (χ1n) is 11.0. The zero-order chi connectivity index (χ0) is 22.5. The standard InChI is InChI=1S/C24H28F2N4O2/c25-19-5-7-20(8-6-19)27-23(31)16-28-11-13-29(14-12-28)17-24(32)30(21-9-10-21)15-18-3-1-2-4-22(18)26/h1-8,21H,9-17H2,(H,27,31). The summed E-state index contributed by atoms with van der Waals surface area (Å²) >= 11 is 0. The first kappa shape index (κ1) is 22.4. The van der Waals surface area contributed by atoms with Crippen molar-refractivity contribution in [2.45, 2.75) is 25.4 Å². The van der Waals surface area contributed by atoms with Gasteiger partial charge >= 0.3 is 0 Å². The second-order valence-corrected chi connectivity index (χ2v) is 8.45. The number of benzene rings is 2. The molecule has 2 aromatic carbocycles. The second kappa shape index (κ2) is 10.2. The summed E-state index contributed by atoms with van der Waals surface area (Å²) in [5, 5.41) is 2.77. The Hall–Kier alpha value is -2.84. The van der Waals surface area contributed by atoms with Gasteiger partial charge in [0.15, 0.2) is 0 Å². The molecule has 2 aliphatic rings. The summed E-state index contributed by atoms with van der Waals surface area (Å²) < 4.78 is 27.0. The Morgan fingerprint density at radius 1 is 0.906 bits per heavy atom. The van der Waals surface area contributed by atoms with E-state index < -0.39 is 0 Å². The van der Waals surface area contributed by atoms with E-state index in [1.807, 2.05) is 4.90 Å². The van der Waals surface area contributed by atoms with Gasteiger partial charge in [0, 0.05) is 50.0 Å². The maximum absolute atomic E-state index is 14.1. The fraction of sp³-hybridized carbons (Fsp3) is 0.417. The molecule has 6 nitrogen and oxygen atoms in total. The third-order valence-corrected chi connectivity index (χ3v) is 5.93. The van der Waals surface area contributed by atoms with Gasteiger partial charge in [-0.05, 0) is 43.2 Å². The SMILES string of the molecule is O=C(CN1CCN(CC(=O)N(Cc2ccccc2F)C2CC2)CC1)Nc1ccc(F)cc1. The van der Waals surface area contributed by atoms with E-state index in [-0.39, 0.29) is 36.0 Å². The van der Waals surface area contributed by atoms with Crippen molar-refractivity contribution < 1.29 is 18.4 Å². The van der Waals surface area contributed by atoms with Gasteiger partial charge in [-0.1, -0.05) is 18.2 Å². The van der Waals surface area contributed by atoms with Crippen LogP contribution >= 0.6 is 0 Å². The fourth-order valence-electron chi connectivity index (χ4n) is 3.94. The van der Waals surface area contributed by atoms with E-state index in [0.717, 1.165) is 12.8 Å². The molecule has 0 bridgehead atoms. The number of piperazine rings is 1. The molecule has 1 aliphatic carbocycles. The molecule has 1 heterocycles. The Labute approximate surface area is 186 Å². The van der Waals surface area contributed by atoms with Crippen molar-refractivity contribution in [3.63, 3.8) is 0 Å². The average molecular weight is 443 g/mol. The van der Waals surface area contributed by atoms with Crippen LogP contribution in [0.4, 0.5) is 14.5 Å². The molecule has 1 aliphatic heterocycles. The summed E-state index contributed by atoms with van der Waals surface area (Å²) in [6.45, 7) is 3.60. The molecule has 0 atom stereocenters. The Bertz CT molecular complexity index is 941. The molecule has 8 heteroatoms. The van der Waals surface area contributed by atoms with Gasteiger partial charge in [-0.3, -0.25) is 19.4 Å². The van der Waals surface area contributed by atoms with Crippen molar-refractivity contribution in [2.75, 3.05) is 44.6 Å². The highest BCUT2D eigenvalue weighted by molar-refractivity contribution is 5.92. The van der Waals surface area contributed by atoms with Crippen molar-refractivity contribution in [1.82, 2.24) is 14.7 Å². The molecule has 0 unspecified atom stereocenters. The van der Waals surface area contributed by atoms with Crippen LogP contribution < -0.4 is 5.32 Å². The van der Waals surface area contributed by atoms with Crippen molar-refractivity contribution >= 4 is 17.5 Å². The fourth-order valence-corrected chi connectivity index (χ4v) is 3.94. The summed E-state index contributed by atoms with van der Waals surface area (Å²) in [6.07, 6.45) is 1.94. The lowest BCUT2D eigenvalue weighted by Crippen LogP contribution is -2.51. The van der Waals surface area contributed by atoms with E-state index in [4.69, 9.17) is 0 Å². The zero-order valence-corrected chi connectivity index (χ0v) is 18.0. The molecule has 2 fully saturated rings. The molecule has 0 aromatic heterocycles. The van der Waals surface area contributed by atoms with Crippen LogP contribution in [0.5, 0.6) is 0 Å². The smallest absolute Gasteiger partial charge is 0.238 e. The molecule has 0 radical (unpaired) electrons. The van der Waals surface area contributed by atoms with Crippen LogP contribution in [0.1, 0.15) is 18.4 Å². The molecular formula is C24H28F2N4O2. The molecular weight excluding hydrogens is 414 g/mol. The minimum atomic E-state index is -0.345. The zero-order valence-electron chi connectivity index (χ0n) is 18.0. The van der Waals surface area contributed by atoms with E-state index >= 15 is 0 Å². The molecule has 1 saturated carbocycles. The number of rotatable bonds is 8. The van der Waals surface area contributed by atoms with Crippen LogP contribution in [0.25, 0.3) is 0 Å². The molecule has 170 valence electrons. The maximum Gasteiger partial charge on any atom is 0.238 e. The molecule has 32 heavy (non-hydrogen) atoms. The maximum atomic E-state index is 14.1. The van der Waals surface area contributed by atoms with Gasteiger partial charge in [-0.15, -0.1) is 0 Å². The van der Waals surface area contributed by atoms with Crippen molar-refractivity contribution in [3.8, 4) is 0 Å². The van der Waals surface area contributed by atoms with Crippen LogP contribution in [0.15, 0.2) is 48.5 Å². The monoisotopic (exact) mass is 442 g/mol. The Kier molecular flexibility index (Phi) is 7.12. The highest BCUT2D eigenvalue weighted by Gasteiger charge is 2.34. The van der Waals surface area contributed by atoms with Crippen LogP contribution in [-0.4, -0.2) is 71.8 Å². The number of nitrogens with one attached hydrogen (secondary N) is 1. The van der Waals surface area contributed by atoms with Gasteiger partial charge in [0.1, 0.15) is 11.6 Å². The topological polar surface area (TPSA) is 55.9 Å². The summed E-state index contributed by atoms with van der Waals surface area (Å²) in [6, 6.07) is 12.5. The van der Waals surface area contributed by atoms with Gasteiger partial charge in [0.25, 0.3) is 0 Å². The number of carbonyl (C=O) groups excluding carboxylic acids is 2. The van der Waals surface area contributed by atoms with Gasteiger partial charge in [-0.25, -0.2) is 8.78 Å². The quantitative estimate of drug-likeness (QED) is 0.683. The van der Waals surface area contributed by atoms with Crippen LogP contribution in [0.2, 0.25) is 0 Å². The number of carbonyl (C=O) groups is 2. The summed E-state index contributed by atoms with van der Waals surface area (Å²) in [5.74, 6) is -0.745. The minimum absolute atomic E-state index is 0.0262. The van der Waals surface area contributed by atoms with Crippen molar-refractivity contribution in [3.05, 3.63) is 65.7 Å². The lowest BCUT2D eigenvalue weighted by molar-refractivity contribution is -0.134. The van der Waals surface area contributed by atoms with Gasteiger partial charge in [-0.2, -0.15) is 0 Å². The molecule has 2 aromatic rings. The highest BCUT2D eigenvalue weighted by atomic mass is 19.1. The van der Waals surface area contributed by atoms with E-state index in [1.54, 1.807) is 23.1 Å². The number of amides is 2. The van der Waals surface area contributed by atoms with Crippen LogP contribution in [-0.2, 0) is 16.1 Å². The number of hydrogen-bond donors (Lipinski definition) is 1. The van der Waals surface area contributed by atoms with Crippen LogP contribution in [0, 0.1) is 11.6 Å². The molecule has 1 saturated heterocycles. The average Bonchev–Trinajstić information content (AvgIpc) is 3.61. The molecule has 0 spiro atoms. The van der Waals surface area contributed by atoms with Crippen LogP contribution in [0.3, 0.4) is 0 Å². The minimum Gasteiger partial charge on any atom is -0.334 e. The molecule has 2 amide bonds. The lowest BCUT2D eigenvalue weighted by atomic mass is 10.2. The normalized spacial score (nSPS) is 17.2. The Morgan fingerprint density at radius 3 is 2.16 bits per heavy atom. The predicted octanol–water partition coefficient (Wildman–Crippen LogP) is 2.71. The van der Waals surface area contributed by atoms with Crippen molar-refractivity contribution in [1.29, 1.82) is 0 Å². The third kappa shape index (κ3) is 6.11. The Morgan fingerprint density at radius 2 is 1.53 bits per heavy atom. The number of nitrogens with zero attached hydrogens (tertiary/aromatic N) is 3. The van der Waals surface area contributed by atoms with E-state index in [2.05, 4.69) is 10.2 Å². The van der Waals surface area contributed by atoms with E-state index in [0.29, 0.717) is 50.5 Å². The largest absolute Gasteiger partial charge is 0.334 e. The summed E-state index contributed by atoms with van der Waals surface area (Å²) in [7, 11) is 0. The van der Waals surface area contributed by atoms with E-state index in [1.165, 1.54) is 30.3 Å². The first-order valence-corrected chi connectivity index (χ1v) is 11.0. The highest BCUT2D eigenvalue weighted by Crippen LogP contribution is 2.29.